The highest BCUT2D eigenvalue weighted by atomic mass is 15.1. The second-order valence-electron chi connectivity index (χ2n) is 17.1. The van der Waals surface area contributed by atoms with Crippen molar-refractivity contribution >= 4 is 33.0 Å². The van der Waals surface area contributed by atoms with Crippen molar-refractivity contribution in [3.63, 3.8) is 0 Å². The van der Waals surface area contributed by atoms with Gasteiger partial charge in [-0.3, -0.25) is 0 Å². The Morgan fingerprint density at radius 1 is 0.618 bits per heavy atom. The number of rotatable bonds is 8. The number of aromatic nitrogens is 1. The van der Waals surface area contributed by atoms with Crippen molar-refractivity contribution in [2.45, 2.75) is 155 Å². The van der Waals surface area contributed by atoms with Crippen molar-refractivity contribution in [1.82, 2.24) is 9.88 Å². The third-order valence-corrected chi connectivity index (χ3v) is 11.3. The highest BCUT2D eigenvalue weighted by molar-refractivity contribution is 6.08. The molecule has 0 fully saturated rings. The minimum atomic E-state index is 0.644. The summed E-state index contributed by atoms with van der Waals surface area (Å²) in [4.78, 5) is 5.71. The molecule has 2 nitrogen and oxygen atoms in total. The highest BCUT2D eigenvalue weighted by Gasteiger charge is 2.13. The van der Waals surface area contributed by atoms with E-state index in [1.165, 1.54) is 51.6 Å². The Bertz CT molecular complexity index is 2660. The molecule has 1 atom stereocenters. The first-order chi connectivity index (χ1) is 37.2. The number of H-pyrrole nitrogens is 1. The van der Waals surface area contributed by atoms with Crippen LogP contribution in [0.1, 0.15) is 165 Å². The van der Waals surface area contributed by atoms with Gasteiger partial charge in [0.2, 0.25) is 0 Å². The summed E-state index contributed by atoms with van der Waals surface area (Å²) in [6.07, 6.45) is 60.5. The van der Waals surface area contributed by atoms with Crippen molar-refractivity contribution in [2.75, 3.05) is 0 Å². The Morgan fingerprint density at radius 3 is 1.92 bits per heavy atom. The van der Waals surface area contributed by atoms with E-state index in [0.717, 1.165) is 71.8 Å². The number of allylic oxidation sites excluding steroid dienone is 28. The SMILES string of the molecule is C/C=C\C=C/CC.C/C=C\CC.C=C1/C=C\C=C/N(C2=CC=CCC2)/C=C\C(c2ccc3[nH]c4ccccc4c3c2)=C/C1=C.CC.CC.CC.CC.CCC.Cc1ccc(C2=CCC(CC3=CC=CC=CC3)C=C2)cc1. The van der Waals surface area contributed by atoms with Crippen LogP contribution in [0.2, 0.25) is 0 Å². The highest BCUT2D eigenvalue weighted by Crippen LogP contribution is 2.32. The van der Waals surface area contributed by atoms with Crippen LogP contribution in [0.3, 0.4) is 0 Å². The van der Waals surface area contributed by atoms with Crippen LogP contribution in [0.5, 0.6) is 0 Å². The fourth-order valence-corrected chi connectivity index (χ4v) is 7.61. The largest absolute Gasteiger partial charge is 0.355 e. The zero-order valence-electron chi connectivity index (χ0n) is 50.3. The molecule has 1 N–H and O–H groups in total. The van der Waals surface area contributed by atoms with E-state index in [-0.39, 0.29) is 0 Å². The summed E-state index contributed by atoms with van der Waals surface area (Å²) in [7, 11) is 0. The molecule has 0 bridgehead atoms. The fourth-order valence-electron chi connectivity index (χ4n) is 7.61. The van der Waals surface area contributed by atoms with E-state index in [1.807, 2.05) is 99.6 Å². The first-order valence-electron chi connectivity index (χ1n) is 28.9. The fraction of sp³-hybridized carbons (Fsp3) is 0.324. The summed E-state index contributed by atoms with van der Waals surface area (Å²) in [5.74, 6) is 0.644. The molecule has 4 aliphatic rings. The van der Waals surface area contributed by atoms with Crippen molar-refractivity contribution in [2.24, 2.45) is 5.92 Å². The van der Waals surface area contributed by atoms with Gasteiger partial charge < -0.3 is 9.88 Å². The van der Waals surface area contributed by atoms with E-state index >= 15 is 0 Å². The van der Waals surface area contributed by atoms with E-state index < -0.39 is 0 Å². The number of para-hydroxylation sites is 1. The Hall–Kier alpha value is -6.90. The summed E-state index contributed by atoms with van der Waals surface area (Å²) in [6.45, 7) is 39.1. The van der Waals surface area contributed by atoms with E-state index in [9.17, 15) is 0 Å². The number of benzene rings is 3. The molecule has 8 rings (SSSR count). The molecule has 0 radical (unpaired) electrons. The minimum Gasteiger partial charge on any atom is -0.355 e. The molecule has 408 valence electrons. The first kappa shape index (κ1) is 69.1. The monoisotopic (exact) mass is 1020 g/mol. The van der Waals surface area contributed by atoms with Gasteiger partial charge in [-0.05, 0) is 148 Å². The third-order valence-electron chi connectivity index (χ3n) is 11.3. The standard InChI is InChI=1S/C30H26N2.C21H22.C7H12.C5H10.C3H8.4C2H6/c1-22-10-8-9-18-32(26-11-4-3-5-12-26)19-17-25(20-23(22)2)24-15-16-30-28(21-24)27-13-6-7-14-29(27)31-30;1-17-8-12-20(13-9-17)21-14-10-19(11-15-21)16-18-6-4-2-3-5-7-18;1-3-5-7-6-4-2;1-3-5-4-2;1-3-2;4*1-2/h3-4,6-11,13-21,31H,1-2,5,12H2;2-6,8-10,12-15,19H,7,11,16H2,1H3;3,5-7H,4H2,1-2H3;3,5H,4H2,1-2H3;3H2,1-2H3;4*1-2H3/b10-8-,18-9-,19-17-,25-20+;;5-3-,7-6-;5-3-;;;;;. The number of aromatic amines is 1. The lowest BCUT2D eigenvalue weighted by Gasteiger charge is -2.21. The van der Waals surface area contributed by atoms with E-state index in [4.69, 9.17) is 0 Å². The predicted octanol–water partition coefficient (Wildman–Crippen LogP) is 23.8. The van der Waals surface area contributed by atoms with Crippen LogP contribution < -0.4 is 0 Å². The van der Waals surface area contributed by atoms with Gasteiger partial charge in [0.15, 0.2) is 0 Å². The molecular weight excluding hydrogens is 917 g/mol. The molecule has 2 heteroatoms. The van der Waals surface area contributed by atoms with Crippen LogP contribution in [-0.4, -0.2) is 9.88 Å². The first-order valence-corrected chi connectivity index (χ1v) is 28.9. The van der Waals surface area contributed by atoms with Crippen LogP contribution in [0.25, 0.3) is 33.0 Å². The Morgan fingerprint density at radius 2 is 1.30 bits per heavy atom. The second-order valence-corrected chi connectivity index (χ2v) is 17.1. The smallest absolute Gasteiger partial charge is 0.0465 e. The van der Waals surface area contributed by atoms with E-state index in [1.54, 1.807) is 0 Å². The average Bonchev–Trinajstić information content (AvgIpc) is 3.63. The molecule has 0 spiro atoms. The number of nitrogens with one attached hydrogen (secondary N) is 1. The van der Waals surface area contributed by atoms with Crippen molar-refractivity contribution in [3.05, 3.63) is 265 Å². The summed E-state index contributed by atoms with van der Waals surface area (Å²) < 4.78 is 0. The van der Waals surface area contributed by atoms with Gasteiger partial charge in [0, 0.05) is 39.9 Å². The lowest BCUT2D eigenvalue weighted by atomic mass is 9.88. The second kappa shape index (κ2) is 45.5. The molecule has 0 amide bonds. The molecule has 0 saturated carbocycles. The van der Waals surface area contributed by atoms with Crippen LogP contribution in [-0.2, 0) is 0 Å². The van der Waals surface area contributed by atoms with Gasteiger partial charge in [0.25, 0.3) is 0 Å². The normalized spacial score (nSPS) is 17.2. The number of fused-ring (bicyclic) bond motifs is 3. The molecule has 76 heavy (non-hydrogen) atoms. The number of hydrogen-bond acceptors (Lipinski definition) is 1. The van der Waals surface area contributed by atoms with Gasteiger partial charge in [0.05, 0.1) is 0 Å². The summed E-state index contributed by atoms with van der Waals surface area (Å²) >= 11 is 0. The number of aryl methyl sites for hydroxylation is 1. The zero-order chi connectivity index (χ0) is 56.8. The maximum absolute atomic E-state index is 4.26. The van der Waals surface area contributed by atoms with Crippen molar-refractivity contribution in [3.8, 4) is 0 Å². The lowest BCUT2D eigenvalue weighted by molar-refractivity contribution is 0.587. The molecule has 2 heterocycles. The van der Waals surface area contributed by atoms with Gasteiger partial charge in [-0.25, -0.2) is 0 Å². The van der Waals surface area contributed by atoms with Gasteiger partial charge in [0.1, 0.15) is 0 Å². The average molecular weight is 1020 g/mol. The summed E-state index contributed by atoms with van der Waals surface area (Å²) in [5.41, 5.74) is 13.2. The van der Waals surface area contributed by atoms with E-state index in [2.05, 4.69) is 240 Å². The van der Waals surface area contributed by atoms with Crippen LogP contribution in [0.4, 0.5) is 0 Å². The topological polar surface area (TPSA) is 19.0 Å². The van der Waals surface area contributed by atoms with Crippen LogP contribution in [0.15, 0.2) is 248 Å². The third kappa shape index (κ3) is 27.1. The van der Waals surface area contributed by atoms with Crippen LogP contribution >= 0.6 is 0 Å². The zero-order valence-corrected chi connectivity index (χ0v) is 50.3. The summed E-state index contributed by atoms with van der Waals surface area (Å²) in [6, 6.07) is 23.8. The Labute approximate surface area is 466 Å². The molecule has 3 aromatic carbocycles. The molecular formula is C74H102N2. The van der Waals surface area contributed by atoms with Gasteiger partial charge in [-0.1, -0.05) is 272 Å². The van der Waals surface area contributed by atoms with Gasteiger partial charge in [-0.2, -0.15) is 0 Å². The van der Waals surface area contributed by atoms with Crippen molar-refractivity contribution in [1.29, 1.82) is 0 Å². The molecule has 1 aromatic heterocycles. The molecule has 1 aliphatic heterocycles. The minimum absolute atomic E-state index is 0.644. The maximum Gasteiger partial charge on any atom is 0.0465 e. The maximum atomic E-state index is 4.26. The van der Waals surface area contributed by atoms with Crippen LogP contribution in [0, 0.1) is 12.8 Å². The predicted molar refractivity (Wildman–Crippen MR) is 350 cm³/mol. The van der Waals surface area contributed by atoms with Gasteiger partial charge >= 0.3 is 0 Å². The molecule has 1 unspecified atom stereocenters. The van der Waals surface area contributed by atoms with Crippen molar-refractivity contribution < 1.29 is 0 Å². The molecule has 4 aromatic rings. The number of hydrogen-bond donors (Lipinski definition) is 1. The van der Waals surface area contributed by atoms with Gasteiger partial charge in [-0.15, -0.1) is 0 Å². The Kier molecular flexibility index (Phi) is 41.4. The van der Waals surface area contributed by atoms with E-state index in [0.29, 0.717) is 5.92 Å². The Balaban J connectivity index is 0.00000110. The quantitative estimate of drug-likeness (QED) is 0.138. The summed E-state index contributed by atoms with van der Waals surface area (Å²) in [5, 5.41) is 2.46. The lowest BCUT2D eigenvalue weighted by Crippen LogP contribution is -2.10. The molecule has 0 saturated heterocycles. The molecule has 3 aliphatic carbocycles. The number of nitrogens with zero attached hydrogens (tertiary/aromatic N) is 1.